The molecule has 15 heavy (non-hydrogen) atoms. The van der Waals surface area contributed by atoms with Gasteiger partial charge in [0.1, 0.15) is 0 Å². The minimum atomic E-state index is -0.895. The molecule has 2 aromatic carbocycles. The number of hydrogen-bond acceptors (Lipinski definition) is 1. The van der Waals surface area contributed by atoms with Crippen LogP contribution < -0.4 is 0 Å². The first kappa shape index (κ1) is 12.7. The first-order chi connectivity index (χ1) is 6.70. The first-order valence-corrected chi connectivity index (χ1v) is 4.90. The Morgan fingerprint density at radius 2 is 1.67 bits per heavy atom. The van der Waals surface area contributed by atoms with Crippen molar-refractivity contribution >= 4 is 32.7 Å². The van der Waals surface area contributed by atoms with E-state index in [1.165, 1.54) is 0 Å². The van der Waals surface area contributed by atoms with Gasteiger partial charge in [-0.2, -0.15) is 0 Å². The molecule has 2 nitrogen and oxygen atoms in total. The maximum absolute atomic E-state index is 10.9. The molecule has 0 unspecified atom stereocenters. The Hall–Kier alpha value is -0.415. The van der Waals surface area contributed by atoms with Crippen molar-refractivity contribution in [2.75, 3.05) is 0 Å². The molecule has 0 radical (unpaired) electrons. The van der Waals surface area contributed by atoms with Crippen LogP contribution in [0.5, 0.6) is 0 Å². The second kappa shape index (κ2) is 5.08. The number of aromatic carboxylic acids is 1. The summed E-state index contributed by atoms with van der Waals surface area (Å²) >= 11 is 3.39. The van der Waals surface area contributed by atoms with Crippen LogP contribution in [0.3, 0.4) is 0 Å². The Kier molecular flexibility index (Phi) is 4.28. The summed E-state index contributed by atoms with van der Waals surface area (Å²) in [5, 5.41) is 10.6. The fraction of sp³-hybridized carbons (Fsp3) is 0. The molecule has 0 fully saturated rings. The van der Waals surface area contributed by atoms with Crippen LogP contribution in [0, 0.1) is 0 Å². The Morgan fingerprint density at radius 1 is 1.07 bits per heavy atom. The number of hydrogen-bond donors (Lipinski definition) is 1. The number of rotatable bonds is 1. The van der Waals surface area contributed by atoms with Gasteiger partial charge < -0.3 is 5.11 Å². The van der Waals surface area contributed by atoms with Gasteiger partial charge in [0.2, 0.25) is 0 Å². The third-order valence-corrected chi connectivity index (χ3v) is 2.79. The van der Waals surface area contributed by atoms with Gasteiger partial charge in [0.15, 0.2) is 0 Å². The predicted molar refractivity (Wildman–Crippen MR) is 58.6 cm³/mol. The van der Waals surface area contributed by atoms with Crippen LogP contribution in [0.2, 0.25) is 0 Å². The average molecular weight is 452 g/mol. The zero-order chi connectivity index (χ0) is 10.1. The first-order valence-electron chi connectivity index (χ1n) is 4.10. The molecule has 4 heteroatoms. The Balaban J connectivity index is 0.00000112. The molecule has 0 aliphatic rings. The van der Waals surface area contributed by atoms with Crippen molar-refractivity contribution in [3.63, 3.8) is 0 Å². The Morgan fingerprint density at radius 3 is 2.33 bits per heavy atom. The van der Waals surface area contributed by atoms with E-state index in [9.17, 15) is 4.79 Å². The summed E-state index contributed by atoms with van der Waals surface area (Å²) in [6.45, 7) is 0. The summed E-state index contributed by atoms with van der Waals surface area (Å²) in [5.41, 5.74) is 0.337. The van der Waals surface area contributed by atoms with Crippen molar-refractivity contribution in [3.8, 4) is 0 Å². The van der Waals surface area contributed by atoms with E-state index >= 15 is 0 Å². The predicted octanol–water partition coefficient (Wildman–Crippen LogP) is 3.30. The number of carboxylic acids is 1. The number of halogens is 1. The summed E-state index contributed by atoms with van der Waals surface area (Å²) < 4.78 is 0.915. The summed E-state index contributed by atoms with van der Waals surface area (Å²) in [6, 6.07) is 10.8. The molecule has 0 bridgehead atoms. The van der Waals surface area contributed by atoms with Crippen LogP contribution in [0.15, 0.2) is 40.9 Å². The van der Waals surface area contributed by atoms with Crippen molar-refractivity contribution in [1.82, 2.24) is 0 Å². The molecular formula is C11H7BrHgO2. The van der Waals surface area contributed by atoms with Gasteiger partial charge >= 0.3 is 5.97 Å². The zero-order valence-electron chi connectivity index (χ0n) is 7.90. The summed E-state index contributed by atoms with van der Waals surface area (Å²) in [5.74, 6) is -0.895. The molecule has 0 amide bonds. The summed E-state index contributed by atoms with van der Waals surface area (Å²) in [6.07, 6.45) is 0. The molecule has 1 N–H and O–H groups in total. The normalized spacial score (nSPS) is 9.67. The maximum atomic E-state index is 10.9. The van der Waals surface area contributed by atoms with Gasteiger partial charge in [0, 0.05) is 32.1 Å². The van der Waals surface area contributed by atoms with Crippen molar-refractivity contribution < 1.29 is 37.6 Å². The number of fused-ring (bicyclic) bond motifs is 1. The second-order valence-corrected chi connectivity index (χ2v) is 3.80. The molecule has 0 heterocycles. The molecule has 0 saturated heterocycles. The number of carboxylic acid groups (broad SMARTS) is 1. The van der Waals surface area contributed by atoms with Crippen LogP contribution in [-0.2, 0) is 27.7 Å². The summed E-state index contributed by atoms with van der Waals surface area (Å²) in [7, 11) is 0. The molecular weight excluding hydrogens is 445 g/mol. The minimum Gasteiger partial charge on any atom is -0.478 e. The third-order valence-electron chi connectivity index (χ3n) is 2.10. The largest absolute Gasteiger partial charge is 0.478 e. The Labute approximate surface area is 116 Å². The molecule has 0 aromatic heterocycles. The van der Waals surface area contributed by atoms with Crippen molar-refractivity contribution in [3.05, 3.63) is 46.4 Å². The van der Waals surface area contributed by atoms with Crippen LogP contribution in [0.1, 0.15) is 10.4 Å². The molecule has 0 saturated carbocycles. The smallest absolute Gasteiger partial charge is 0.336 e. The summed E-state index contributed by atoms with van der Waals surface area (Å²) in [4.78, 5) is 10.9. The molecule has 0 aliphatic carbocycles. The second-order valence-electron chi connectivity index (χ2n) is 2.95. The third kappa shape index (κ3) is 2.40. The SMILES string of the molecule is O=C(O)c1cccc2c(Br)cccc12.[Hg]. The standard InChI is InChI=1S/C11H7BrO2.Hg/c12-10-6-2-3-7-8(10)4-1-5-9(7)11(13)14;/h1-6H,(H,13,14);. The van der Waals surface area contributed by atoms with Crippen LogP contribution in [0.25, 0.3) is 10.8 Å². The molecule has 0 aliphatic heterocycles. The van der Waals surface area contributed by atoms with E-state index in [4.69, 9.17) is 5.11 Å². The van der Waals surface area contributed by atoms with Crippen LogP contribution in [-0.4, -0.2) is 11.1 Å². The minimum absolute atomic E-state index is 0. The van der Waals surface area contributed by atoms with Gasteiger partial charge in [-0.15, -0.1) is 0 Å². The average Bonchev–Trinajstić information content (AvgIpc) is 2.17. The number of carbonyl (C=O) groups is 1. The monoisotopic (exact) mass is 452 g/mol. The fourth-order valence-corrected chi connectivity index (χ4v) is 1.96. The van der Waals surface area contributed by atoms with Gasteiger partial charge in [-0.05, 0) is 22.9 Å². The van der Waals surface area contributed by atoms with E-state index in [-0.39, 0.29) is 27.7 Å². The van der Waals surface area contributed by atoms with Gasteiger partial charge in [-0.25, -0.2) is 4.79 Å². The number of benzene rings is 2. The molecule has 0 atom stereocenters. The van der Waals surface area contributed by atoms with Crippen molar-refractivity contribution in [2.24, 2.45) is 0 Å². The van der Waals surface area contributed by atoms with E-state index in [1.54, 1.807) is 12.1 Å². The van der Waals surface area contributed by atoms with Gasteiger partial charge in [0.05, 0.1) is 5.56 Å². The van der Waals surface area contributed by atoms with Crippen molar-refractivity contribution in [2.45, 2.75) is 0 Å². The topological polar surface area (TPSA) is 37.3 Å². The van der Waals surface area contributed by atoms with Crippen LogP contribution in [0.4, 0.5) is 0 Å². The van der Waals surface area contributed by atoms with E-state index < -0.39 is 5.97 Å². The van der Waals surface area contributed by atoms with E-state index in [1.807, 2.05) is 24.3 Å². The van der Waals surface area contributed by atoms with Gasteiger partial charge in [-0.1, -0.05) is 40.2 Å². The van der Waals surface area contributed by atoms with Crippen LogP contribution >= 0.6 is 15.9 Å². The zero-order valence-corrected chi connectivity index (χ0v) is 15.0. The van der Waals surface area contributed by atoms with E-state index in [2.05, 4.69) is 15.9 Å². The van der Waals surface area contributed by atoms with E-state index in [0.29, 0.717) is 5.56 Å². The van der Waals surface area contributed by atoms with Gasteiger partial charge in [-0.3, -0.25) is 0 Å². The van der Waals surface area contributed by atoms with E-state index in [0.717, 1.165) is 15.2 Å². The quantitative estimate of drug-likeness (QED) is 0.676. The Bertz CT molecular complexity index is 511. The molecule has 72 valence electrons. The molecule has 0 spiro atoms. The van der Waals surface area contributed by atoms with Crippen molar-refractivity contribution in [1.29, 1.82) is 0 Å². The molecule has 2 aromatic rings. The fourth-order valence-electron chi connectivity index (χ4n) is 1.46. The maximum Gasteiger partial charge on any atom is 0.336 e. The molecule has 2 rings (SSSR count). The van der Waals surface area contributed by atoms with Gasteiger partial charge in [0.25, 0.3) is 0 Å².